The molecule has 2 N–H and O–H groups in total. The van der Waals surface area contributed by atoms with Crippen molar-refractivity contribution < 1.29 is 14.6 Å². The average Bonchev–Trinajstić information content (AvgIpc) is 2.36. The predicted molar refractivity (Wildman–Crippen MR) is 66.2 cm³/mol. The number of hydrogen-bond donors (Lipinski definition) is 2. The Bertz CT molecular complexity index is 348. The monoisotopic (exact) mass is 238 g/mol. The highest BCUT2D eigenvalue weighted by molar-refractivity contribution is 5.15. The van der Waals surface area contributed by atoms with Crippen molar-refractivity contribution in [1.29, 1.82) is 0 Å². The molecule has 0 aliphatic rings. The van der Waals surface area contributed by atoms with E-state index in [0.717, 1.165) is 5.56 Å². The first-order valence-corrected chi connectivity index (χ1v) is 5.83. The van der Waals surface area contributed by atoms with Crippen molar-refractivity contribution in [2.75, 3.05) is 6.61 Å². The molecule has 1 aromatic carbocycles. The van der Waals surface area contributed by atoms with Gasteiger partial charge in [-0.15, -0.1) is 0 Å². The molecule has 0 aliphatic heterocycles. The fraction of sp³-hybridized carbons (Fsp3) is 0.429. The van der Waals surface area contributed by atoms with Gasteiger partial charge in [-0.05, 0) is 24.5 Å². The summed E-state index contributed by atoms with van der Waals surface area (Å²) < 4.78 is 13.4. The fourth-order valence-corrected chi connectivity index (χ4v) is 1.52. The summed E-state index contributed by atoms with van der Waals surface area (Å²) in [6, 6.07) is 9.65. The normalized spacial score (nSPS) is 15.6. The van der Waals surface area contributed by atoms with E-state index >= 15 is 0 Å². The topological polar surface area (TPSA) is 40.5 Å². The molecule has 0 amide bonds. The van der Waals surface area contributed by atoms with E-state index < -0.39 is 11.9 Å². The van der Waals surface area contributed by atoms with Crippen LogP contribution in [-0.4, -0.2) is 22.9 Å². The maximum absolute atomic E-state index is 13.4. The Morgan fingerprint density at radius 3 is 2.59 bits per heavy atom. The van der Waals surface area contributed by atoms with Crippen LogP contribution in [0, 0.1) is 5.92 Å². The van der Waals surface area contributed by atoms with E-state index in [1.54, 1.807) is 6.92 Å². The molecule has 0 saturated carbocycles. The molecule has 0 saturated heterocycles. The van der Waals surface area contributed by atoms with Crippen LogP contribution in [0.15, 0.2) is 42.2 Å². The molecule has 2 atom stereocenters. The Balaban J connectivity index is 2.44. The average molecular weight is 238 g/mol. The van der Waals surface area contributed by atoms with Crippen molar-refractivity contribution in [2.24, 2.45) is 5.92 Å². The molecule has 0 spiro atoms. The smallest absolute Gasteiger partial charge is 0.125 e. The number of aliphatic hydroxyl groups excluding tert-OH is 2. The standard InChI is InChI=1S/C14H19FO2/c1-11(10-16)9-13(15)14(17)8-7-12-5-3-2-4-6-12/h2-6,9,11,14,16-17H,7-8,10H2,1H3/b13-9-/t11-,14+/m0/s1. The lowest BCUT2D eigenvalue weighted by Crippen LogP contribution is -2.10. The van der Waals surface area contributed by atoms with Gasteiger partial charge in [0, 0.05) is 12.5 Å². The van der Waals surface area contributed by atoms with Gasteiger partial charge in [-0.3, -0.25) is 0 Å². The molecule has 94 valence electrons. The van der Waals surface area contributed by atoms with Gasteiger partial charge >= 0.3 is 0 Å². The van der Waals surface area contributed by atoms with Crippen molar-refractivity contribution in [3.8, 4) is 0 Å². The number of benzene rings is 1. The SMILES string of the molecule is C[C@@H](/C=C(\F)[C@H](O)CCc1ccccc1)CO. The third-order valence-corrected chi connectivity index (χ3v) is 2.60. The van der Waals surface area contributed by atoms with Gasteiger partial charge < -0.3 is 10.2 Å². The van der Waals surface area contributed by atoms with E-state index in [1.807, 2.05) is 30.3 Å². The summed E-state index contributed by atoms with van der Waals surface area (Å²) in [5.41, 5.74) is 1.08. The molecule has 0 unspecified atom stereocenters. The predicted octanol–water partition coefficient (Wildman–Crippen LogP) is 2.46. The molecule has 0 radical (unpaired) electrons. The molecule has 17 heavy (non-hydrogen) atoms. The molecule has 0 bridgehead atoms. The summed E-state index contributed by atoms with van der Waals surface area (Å²) in [5.74, 6) is -0.816. The maximum atomic E-state index is 13.4. The minimum absolute atomic E-state index is 0.112. The lowest BCUT2D eigenvalue weighted by Gasteiger charge is -2.10. The molecule has 1 aromatic rings. The molecule has 1 rings (SSSR count). The molecule has 0 heterocycles. The van der Waals surface area contributed by atoms with Gasteiger partial charge in [-0.25, -0.2) is 4.39 Å². The van der Waals surface area contributed by atoms with Crippen LogP contribution in [0.25, 0.3) is 0 Å². The van der Waals surface area contributed by atoms with Crippen LogP contribution in [0.1, 0.15) is 18.9 Å². The second-order valence-electron chi connectivity index (χ2n) is 4.25. The highest BCUT2D eigenvalue weighted by Gasteiger charge is 2.11. The molecule has 3 heteroatoms. The molecule has 0 aliphatic carbocycles. The minimum Gasteiger partial charge on any atom is -0.396 e. The van der Waals surface area contributed by atoms with Crippen LogP contribution in [0.3, 0.4) is 0 Å². The second-order valence-corrected chi connectivity index (χ2v) is 4.25. The van der Waals surface area contributed by atoms with Crippen molar-refractivity contribution >= 4 is 0 Å². The van der Waals surface area contributed by atoms with E-state index in [4.69, 9.17) is 5.11 Å². The molecule has 0 fully saturated rings. The van der Waals surface area contributed by atoms with Crippen molar-refractivity contribution in [3.05, 3.63) is 47.8 Å². The van der Waals surface area contributed by atoms with Gasteiger partial charge in [0.15, 0.2) is 0 Å². The summed E-state index contributed by atoms with van der Waals surface area (Å²) in [4.78, 5) is 0. The van der Waals surface area contributed by atoms with Crippen LogP contribution < -0.4 is 0 Å². The molecule has 0 aromatic heterocycles. The third kappa shape index (κ3) is 5.11. The summed E-state index contributed by atoms with van der Waals surface area (Å²) in [5, 5.41) is 18.4. The summed E-state index contributed by atoms with van der Waals surface area (Å²) in [7, 11) is 0. The van der Waals surface area contributed by atoms with E-state index in [1.165, 1.54) is 6.08 Å². The van der Waals surface area contributed by atoms with Crippen molar-refractivity contribution in [2.45, 2.75) is 25.9 Å². The van der Waals surface area contributed by atoms with Crippen LogP contribution in [0.2, 0.25) is 0 Å². The van der Waals surface area contributed by atoms with E-state index in [9.17, 15) is 9.50 Å². The number of halogens is 1. The number of hydrogen-bond acceptors (Lipinski definition) is 2. The van der Waals surface area contributed by atoms with Crippen molar-refractivity contribution in [1.82, 2.24) is 0 Å². The summed E-state index contributed by atoms with van der Waals surface area (Å²) in [6.07, 6.45) is 1.18. The van der Waals surface area contributed by atoms with Gasteiger partial charge in [-0.2, -0.15) is 0 Å². The maximum Gasteiger partial charge on any atom is 0.125 e. The highest BCUT2D eigenvalue weighted by atomic mass is 19.1. The molecule has 2 nitrogen and oxygen atoms in total. The van der Waals surface area contributed by atoms with E-state index in [2.05, 4.69) is 0 Å². The van der Waals surface area contributed by atoms with E-state index in [0.29, 0.717) is 12.8 Å². The lowest BCUT2D eigenvalue weighted by atomic mass is 10.0. The van der Waals surface area contributed by atoms with Gasteiger partial charge in [0.2, 0.25) is 0 Å². The second kappa shape index (κ2) is 7.20. The zero-order valence-corrected chi connectivity index (χ0v) is 10.0. The first kappa shape index (κ1) is 13.9. The largest absolute Gasteiger partial charge is 0.396 e. The zero-order valence-electron chi connectivity index (χ0n) is 10.0. The Morgan fingerprint density at radius 1 is 1.35 bits per heavy atom. The quantitative estimate of drug-likeness (QED) is 0.799. The summed E-state index contributed by atoms with van der Waals surface area (Å²) >= 11 is 0. The first-order chi connectivity index (χ1) is 8.13. The first-order valence-electron chi connectivity index (χ1n) is 5.83. The molecular weight excluding hydrogens is 219 g/mol. The lowest BCUT2D eigenvalue weighted by molar-refractivity contribution is 0.170. The Morgan fingerprint density at radius 2 is 2.00 bits per heavy atom. The van der Waals surface area contributed by atoms with E-state index in [-0.39, 0.29) is 12.5 Å². The highest BCUT2D eigenvalue weighted by Crippen LogP contribution is 2.14. The number of aliphatic hydroxyl groups is 2. The molecular formula is C14H19FO2. The van der Waals surface area contributed by atoms with Gasteiger partial charge in [-0.1, -0.05) is 37.3 Å². The minimum atomic E-state index is -1.08. The van der Waals surface area contributed by atoms with Crippen LogP contribution >= 0.6 is 0 Å². The Kier molecular flexibility index (Phi) is 5.87. The summed E-state index contributed by atoms with van der Waals surface area (Å²) in [6.45, 7) is 1.59. The Labute approximate surface area is 101 Å². The van der Waals surface area contributed by atoms with Gasteiger partial charge in [0.05, 0.1) is 0 Å². The van der Waals surface area contributed by atoms with Gasteiger partial charge in [0.1, 0.15) is 11.9 Å². The van der Waals surface area contributed by atoms with Crippen LogP contribution in [0.5, 0.6) is 0 Å². The van der Waals surface area contributed by atoms with Crippen molar-refractivity contribution in [3.63, 3.8) is 0 Å². The van der Waals surface area contributed by atoms with Gasteiger partial charge in [0.25, 0.3) is 0 Å². The Hall–Kier alpha value is -1.19. The fourth-order valence-electron chi connectivity index (χ4n) is 1.52. The van der Waals surface area contributed by atoms with Crippen LogP contribution in [-0.2, 0) is 6.42 Å². The zero-order chi connectivity index (χ0) is 12.7. The van der Waals surface area contributed by atoms with Crippen LogP contribution in [0.4, 0.5) is 4.39 Å². The number of rotatable bonds is 6. The number of aryl methyl sites for hydroxylation is 1. The third-order valence-electron chi connectivity index (χ3n) is 2.60.